The number of carboxylic acid groups (broad SMARTS) is 1. The summed E-state index contributed by atoms with van der Waals surface area (Å²) >= 11 is 12.5. The maximum absolute atomic E-state index is 11.6. The lowest BCUT2D eigenvalue weighted by Crippen LogP contribution is -2.45. The van der Waals surface area contributed by atoms with Crippen LogP contribution in [-0.4, -0.2) is 16.7 Å². The van der Waals surface area contributed by atoms with E-state index < -0.39 is 11.6 Å². The molecule has 0 heterocycles. The SMILES string of the molecule is CC(C)(C)N(C(=O)O)c1cc(Cl)c(OCc2ccccc2)c(Cl)c1. The van der Waals surface area contributed by atoms with Crippen LogP contribution >= 0.6 is 23.2 Å². The third-order valence-corrected chi connectivity index (χ3v) is 3.89. The summed E-state index contributed by atoms with van der Waals surface area (Å²) in [5.41, 5.74) is 0.748. The predicted octanol–water partition coefficient (Wildman–Crippen LogP) is 5.86. The van der Waals surface area contributed by atoms with Crippen LogP contribution in [0, 0.1) is 0 Å². The second kappa shape index (κ2) is 7.32. The van der Waals surface area contributed by atoms with E-state index in [-0.39, 0.29) is 10.0 Å². The largest absolute Gasteiger partial charge is 0.486 e. The number of ether oxygens (including phenoxy) is 1. The fourth-order valence-corrected chi connectivity index (χ4v) is 2.91. The Balaban J connectivity index is 2.29. The molecule has 6 heteroatoms. The molecule has 0 spiro atoms. The molecule has 0 saturated heterocycles. The average Bonchev–Trinajstić information content (AvgIpc) is 2.45. The number of rotatable bonds is 4. The normalized spacial score (nSPS) is 11.2. The fourth-order valence-electron chi connectivity index (χ4n) is 2.33. The zero-order chi connectivity index (χ0) is 17.9. The van der Waals surface area contributed by atoms with Crippen LogP contribution in [0.3, 0.4) is 0 Å². The lowest BCUT2D eigenvalue weighted by molar-refractivity contribution is 0.195. The maximum Gasteiger partial charge on any atom is 0.412 e. The molecule has 128 valence electrons. The number of hydrogen-bond acceptors (Lipinski definition) is 2. The van der Waals surface area contributed by atoms with Gasteiger partial charge in [-0.15, -0.1) is 0 Å². The summed E-state index contributed by atoms with van der Waals surface area (Å²) in [7, 11) is 0. The first-order valence-electron chi connectivity index (χ1n) is 7.39. The topological polar surface area (TPSA) is 49.8 Å². The Morgan fingerprint density at radius 3 is 2.12 bits per heavy atom. The molecule has 0 bridgehead atoms. The maximum atomic E-state index is 11.6. The highest BCUT2D eigenvalue weighted by Crippen LogP contribution is 2.39. The van der Waals surface area contributed by atoms with Gasteiger partial charge in [0.1, 0.15) is 6.61 Å². The Morgan fingerprint density at radius 2 is 1.67 bits per heavy atom. The molecule has 0 saturated carbocycles. The standard InChI is InChI=1S/C18H19Cl2NO3/c1-18(2,3)21(17(22)23)13-9-14(19)16(15(20)10-13)24-11-12-7-5-4-6-8-12/h4-10H,11H2,1-3H3,(H,22,23). The lowest BCUT2D eigenvalue weighted by Gasteiger charge is -2.33. The van der Waals surface area contributed by atoms with Gasteiger partial charge in [0.15, 0.2) is 5.75 Å². The van der Waals surface area contributed by atoms with E-state index in [0.717, 1.165) is 5.56 Å². The molecule has 0 radical (unpaired) electrons. The first kappa shape index (κ1) is 18.4. The van der Waals surface area contributed by atoms with E-state index in [1.165, 1.54) is 4.90 Å². The Labute approximate surface area is 151 Å². The zero-order valence-corrected chi connectivity index (χ0v) is 15.2. The number of halogens is 2. The average molecular weight is 368 g/mol. The molecule has 0 aliphatic carbocycles. The van der Waals surface area contributed by atoms with Crippen LogP contribution in [0.25, 0.3) is 0 Å². The number of carbonyl (C=O) groups is 1. The molecular weight excluding hydrogens is 349 g/mol. The van der Waals surface area contributed by atoms with Crippen molar-refractivity contribution in [1.82, 2.24) is 0 Å². The Hall–Kier alpha value is -1.91. The molecule has 1 amide bonds. The van der Waals surface area contributed by atoms with Gasteiger partial charge in [-0.25, -0.2) is 4.79 Å². The molecule has 0 fully saturated rings. The summed E-state index contributed by atoms with van der Waals surface area (Å²) in [5, 5.41) is 10.0. The highest BCUT2D eigenvalue weighted by molar-refractivity contribution is 6.37. The van der Waals surface area contributed by atoms with E-state index in [9.17, 15) is 9.90 Å². The van der Waals surface area contributed by atoms with Crippen LogP contribution in [0.15, 0.2) is 42.5 Å². The molecule has 2 aromatic carbocycles. The zero-order valence-electron chi connectivity index (χ0n) is 13.7. The first-order valence-corrected chi connectivity index (χ1v) is 8.14. The van der Waals surface area contributed by atoms with Crippen molar-refractivity contribution in [3.05, 3.63) is 58.1 Å². The molecule has 4 nitrogen and oxygen atoms in total. The van der Waals surface area contributed by atoms with Gasteiger partial charge >= 0.3 is 6.09 Å². The van der Waals surface area contributed by atoms with Gasteiger partial charge in [0.2, 0.25) is 0 Å². The van der Waals surface area contributed by atoms with E-state index in [0.29, 0.717) is 18.0 Å². The van der Waals surface area contributed by atoms with Gasteiger partial charge in [0.25, 0.3) is 0 Å². The van der Waals surface area contributed by atoms with E-state index in [1.54, 1.807) is 32.9 Å². The highest BCUT2D eigenvalue weighted by atomic mass is 35.5. The second-order valence-corrected chi connectivity index (χ2v) is 7.12. The van der Waals surface area contributed by atoms with Crippen LogP contribution in [0.1, 0.15) is 26.3 Å². The monoisotopic (exact) mass is 367 g/mol. The smallest absolute Gasteiger partial charge is 0.412 e. The van der Waals surface area contributed by atoms with E-state index in [4.69, 9.17) is 27.9 Å². The minimum atomic E-state index is -1.08. The first-order chi connectivity index (χ1) is 11.2. The number of anilines is 1. The van der Waals surface area contributed by atoms with Crippen molar-refractivity contribution < 1.29 is 14.6 Å². The Morgan fingerprint density at radius 1 is 1.12 bits per heavy atom. The molecule has 2 aromatic rings. The summed E-state index contributed by atoms with van der Waals surface area (Å²) in [4.78, 5) is 12.8. The Bertz CT molecular complexity index is 704. The molecule has 24 heavy (non-hydrogen) atoms. The van der Waals surface area contributed by atoms with E-state index in [1.807, 2.05) is 30.3 Å². The molecule has 0 atom stereocenters. The van der Waals surface area contributed by atoms with E-state index >= 15 is 0 Å². The van der Waals surface area contributed by atoms with Crippen molar-refractivity contribution in [3.8, 4) is 5.75 Å². The fraction of sp³-hybridized carbons (Fsp3) is 0.278. The van der Waals surface area contributed by atoms with Crippen LogP contribution < -0.4 is 9.64 Å². The molecule has 0 aliphatic heterocycles. The van der Waals surface area contributed by atoms with Crippen molar-refractivity contribution >= 4 is 35.0 Å². The van der Waals surface area contributed by atoms with Gasteiger partial charge in [0.05, 0.1) is 15.7 Å². The number of amides is 1. The molecule has 0 unspecified atom stereocenters. The molecule has 0 aromatic heterocycles. The van der Waals surface area contributed by atoms with Crippen LogP contribution in [-0.2, 0) is 6.61 Å². The van der Waals surface area contributed by atoms with Gasteiger partial charge in [0, 0.05) is 5.54 Å². The van der Waals surface area contributed by atoms with Crippen molar-refractivity contribution in [2.45, 2.75) is 32.9 Å². The van der Waals surface area contributed by atoms with Crippen LogP contribution in [0.4, 0.5) is 10.5 Å². The summed E-state index contributed by atoms with van der Waals surface area (Å²) in [5.74, 6) is 0.338. The van der Waals surface area contributed by atoms with Crippen molar-refractivity contribution in [1.29, 1.82) is 0 Å². The molecule has 0 aliphatic rings. The van der Waals surface area contributed by atoms with Crippen molar-refractivity contribution in [2.75, 3.05) is 4.90 Å². The van der Waals surface area contributed by atoms with Crippen molar-refractivity contribution in [2.24, 2.45) is 0 Å². The summed E-state index contributed by atoms with van der Waals surface area (Å²) in [6, 6.07) is 12.7. The second-order valence-electron chi connectivity index (χ2n) is 6.30. The molecule has 2 rings (SSSR count). The quantitative estimate of drug-likeness (QED) is 0.736. The predicted molar refractivity (Wildman–Crippen MR) is 97.5 cm³/mol. The lowest BCUT2D eigenvalue weighted by atomic mass is 10.1. The minimum Gasteiger partial charge on any atom is -0.486 e. The van der Waals surface area contributed by atoms with Gasteiger partial charge in [-0.05, 0) is 38.5 Å². The van der Waals surface area contributed by atoms with Gasteiger partial charge in [-0.2, -0.15) is 0 Å². The molecular formula is C18H19Cl2NO3. The summed E-state index contributed by atoms with van der Waals surface area (Å²) < 4.78 is 5.70. The third-order valence-electron chi connectivity index (χ3n) is 3.33. The van der Waals surface area contributed by atoms with Crippen LogP contribution in [0.5, 0.6) is 5.75 Å². The molecule has 1 N–H and O–H groups in total. The van der Waals surface area contributed by atoms with Gasteiger partial charge in [-0.1, -0.05) is 53.5 Å². The van der Waals surface area contributed by atoms with Gasteiger partial charge in [-0.3, -0.25) is 4.90 Å². The highest BCUT2D eigenvalue weighted by Gasteiger charge is 2.29. The summed E-state index contributed by atoms with van der Waals surface area (Å²) in [6.07, 6.45) is -1.08. The number of hydrogen-bond donors (Lipinski definition) is 1. The van der Waals surface area contributed by atoms with Gasteiger partial charge < -0.3 is 9.84 Å². The number of nitrogens with zero attached hydrogens (tertiary/aromatic N) is 1. The summed E-state index contributed by atoms with van der Waals surface area (Å²) in [6.45, 7) is 5.70. The van der Waals surface area contributed by atoms with Crippen molar-refractivity contribution in [3.63, 3.8) is 0 Å². The van der Waals surface area contributed by atoms with E-state index in [2.05, 4.69) is 0 Å². The Kier molecular flexibility index (Phi) is 5.62. The third kappa shape index (κ3) is 4.34. The number of benzene rings is 2. The van der Waals surface area contributed by atoms with Crippen LogP contribution in [0.2, 0.25) is 10.0 Å². The minimum absolute atomic E-state index is 0.268.